The van der Waals surface area contributed by atoms with E-state index in [4.69, 9.17) is 4.74 Å². The highest BCUT2D eigenvalue weighted by molar-refractivity contribution is 6.46. The number of nitrogens with zero attached hydrogens (tertiary/aromatic N) is 3. The predicted octanol–water partition coefficient (Wildman–Crippen LogP) is 2.12. The van der Waals surface area contributed by atoms with Gasteiger partial charge in [-0.1, -0.05) is 0 Å². The average molecular weight is 322 g/mol. The minimum Gasteiger partial charge on any atom is -0.449 e. The number of fused-ring (bicyclic) bond motifs is 1. The van der Waals surface area contributed by atoms with Crippen molar-refractivity contribution in [2.24, 2.45) is 0 Å². The monoisotopic (exact) mass is 322 g/mol. The van der Waals surface area contributed by atoms with Gasteiger partial charge in [-0.3, -0.25) is 14.5 Å². The number of hydrogen-bond acceptors (Lipinski definition) is 5. The van der Waals surface area contributed by atoms with Crippen molar-refractivity contribution in [1.82, 2.24) is 14.5 Å². The number of carbonyl (C=O) groups is 1. The number of ether oxygens (including phenoxy) is 1. The molecule has 0 spiro atoms. The zero-order valence-electron chi connectivity index (χ0n) is 13.7. The van der Waals surface area contributed by atoms with E-state index in [1.807, 2.05) is 12.1 Å². The molecule has 0 amide bonds. The van der Waals surface area contributed by atoms with Crippen LogP contribution in [0.25, 0.3) is 22.2 Å². The third kappa shape index (κ3) is 3.03. The minimum atomic E-state index is -0.639. The van der Waals surface area contributed by atoms with Crippen molar-refractivity contribution in [3.8, 4) is 11.3 Å². The molecule has 0 aromatic carbocycles. The molecule has 0 aliphatic carbocycles. The second kappa shape index (κ2) is 6.09. The molecule has 121 valence electrons. The summed E-state index contributed by atoms with van der Waals surface area (Å²) in [6.45, 7) is 5.38. The van der Waals surface area contributed by atoms with Gasteiger partial charge >= 0.3 is 13.6 Å². The fraction of sp³-hybridized carbons (Fsp3) is 0.235. The molecular formula is C17H17BN3O3. The standard InChI is InChI=1S/C17H17BN3O3/c1-17(2,3)24-16(22)21-13-6-8-20-15(11-5-4-7-19-10-11)12(13)9-14(21)18-23/h4-10,23H,1-3H3. The van der Waals surface area contributed by atoms with Crippen molar-refractivity contribution in [1.29, 1.82) is 0 Å². The molecule has 0 aliphatic heterocycles. The maximum Gasteiger partial charge on any atom is 0.418 e. The van der Waals surface area contributed by atoms with E-state index in [0.29, 0.717) is 16.8 Å². The van der Waals surface area contributed by atoms with Gasteiger partial charge in [0.05, 0.1) is 11.2 Å². The fourth-order valence-corrected chi connectivity index (χ4v) is 2.49. The summed E-state index contributed by atoms with van der Waals surface area (Å²) in [5.41, 5.74) is 1.82. The Morgan fingerprint density at radius 3 is 2.71 bits per heavy atom. The molecule has 0 aliphatic rings. The van der Waals surface area contributed by atoms with Gasteiger partial charge in [-0.2, -0.15) is 0 Å². The molecule has 6 nitrogen and oxygen atoms in total. The summed E-state index contributed by atoms with van der Waals surface area (Å²) in [7, 11) is 0.886. The van der Waals surface area contributed by atoms with Gasteiger partial charge in [0, 0.05) is 35.1 Å². The molecule has 3 rings (SSSR count). The van der Waals surface area contributed by atoms with Gasteiger partial charge in [-0.15, -0.1) is 0 Å². The molecule has 3 aromatic heterocycles. The van der Waals surface area contributed by atoms with Crippen molar-refractivity contribution >= 4 is 30.1 Å². The number of pyridine rings is 2. The van der Waals surface area contributed by atoms with Crippen LogP contribution >= 0.6 is 0 Å². The Labute approximate surface area is 140 Å². The highest BCUT2D eigenvalue weighted by Gasteiger charge is 2.23. The van der Waals surface area contributed by atoms with Crippen molar-refractivity contribution in [2.45, 2.75) is 26.4 Å². The van der Waals surface area contributed by atoms with Crippen molar-refractivity contribution in [2.75, 3.05) is 0 Å². The lowest BCUT2D eigenvalue weighted by molar-refractivity contribution is 0.0549. The highest BCUT2D eigenvalue weighted by Crippen LogP contribution is 2.26. The Balaban J connectivity index is 2.19. The maximum atomic E-state index is 12.5. The summed E-state index contributed by atoms with van der Waals surface area (Å²) in [5.74, 6) is 0. The summed E-state index contributed by atoms with van der Waals surface area (Å²) in [6.07, 6.45) is 4.45. The maximum absolute atomic E-state index is 12.5. The quantitative estimate of drug-likeness (QED) is 0.731. The van der Waals surface area contributed by atoms with E-state index in [0.717, 1.165) is 18.4 Å². The van der Waals surface area contributed by atoms with Crippen molar-refractivity contribution in [3.63, 3.8) is 0 Å². The second-order valence-electron chi connectivity index (χ2n) is 6.35. The Bertz CT molecular complexity index is 885. The second-order valence-corrected chi connectivity index (χ2v) is 6.35. The zero-order chi connectivity index (χ0) is 17.3. The third-order valence-electron chi connectivity index (χ3n) is 3.40. The van der Waals surface area contributed by atoms with Gasteiger partial charge in [0.15, 0.2) is 0 Å². The van der Waals surface area contributed by atoms with Gasteiger partial charge in [-0.05, 0) is 45.0 Å². The Morgan fingerprint density at radius 1 is 1.29 bits per heavy atom. The van der Waals surface area contributed by atoms with E-state index >= 15 is 0 Å². The van der Waals surface area contributed by atoms with E-state index in [2.05, 4.69) is 9.97 Å². The first-order chi connectivity index (χ1) is 11.4. The van der Waals surface area contributed by atoms with Crippen LogP contribution < -0.4 is 5.59 Å². The van der Waals surface area contributed by atoms with Crippen LogP contribution in [0, 0.1) is 0 Å². The topological polar surface area (TPSA) is 77.2 Å². The van der Waals surface area contributed by atoms with Crippen LogP contribution in [0.15, 0.2) is 42.9 Å². The molecule has 0 bridgehead atoms. The van der Waals surface area contributed by atoms with E-state index in [1.54, 1.807) is 51.5 Å². The number of aromatic nitrogens is 3. The number of hydrogen-bond donors (Lipinski definition) is 1. The first-order valence-electron chi connectivity index (χ1n) is 7.52. The fourth-order valence-electron chi connectivity index (χ4n) is 2.49. The van der Waals surface area contributed by atoms with Crippen LogP contribution in [0.3, 0.4) is 0 Å². The van der Waals surface area contributed by atoms with Crippen LogP contribution in [0.2, 0.25) is 0 Å². The summed E-state index contributed by atoms with van der Waals surface area (Å²) < 4.78 is 6.77. The molecule has 7 heteroatoms. The molecule has 1 N–H and O–H groups in total. The molecule has 0 unspecified atom stereocenters. The molecule has 0 fully saturated rings. The normalized spacial score (nSPS) is 11.5. The van der Waals surface area contributed by atoms with Gasteiger partial charge < -0.3 is 9.76 Å². The van der Waals surface area contributed by atoms with Crippen LogP contribution in [0.5, 0.6) is 0 Å². The lowest BCUT2D eigenvalue weighted by Crippen LogP contribution is -2.34. The zero-order valence-corrected chi connectivity index (χ0v) is 13.7. The first kappa shape index (κ1) is 16.2. The molecule has 3 aromatic rings. The van der Waals surface area contributed by atoms with Gasteiger partial charge in [0.2, 0.25) is 0 Å². The SMILES string of the molecule is CC(C)(C)OC(=O)n1c([B]O)cc2c(-c3cccnc3)nccc21. The smallest absolute Gasteiger partial charge is 0.418 e. The summed E-state index contributed by atoms with van der Waals surface area (Å²) in [6, 6.07) is 7.13. The molecule has 24 heavy (non-hydrogen) atoms. The largest absolute Gasteiger partial charge is 0.449 e. The number of rotatable bonds is 2. The van der Waals surface area contributed by atoms with Crippen molar-refractivity contribution in [3.05, 3.63) is 42.9 Å². The first-order valence-corrected chi connectivity index (χ1v) is 7.52. The minimum absolute atomic E-state index is 0.331. The van der Waals surface area contributed by atoms with Crippen LogP contribution in [0.1, 0.15) is 20.8 Å². The summed E-state index contributed by atoms with van der Waals surface area (Å²) in [5, 5.41) is 10.3. The van der Waals surface area contributed by atoms with Crippen LogP contribution in [-0.4, -0.2) is 38.7 Å². The molecule has 0 saturated heterocycles. The molecule has 1 radical (unpaired) electrons. The Kier molecular flexibility index (Phi) is 4.11. The summed E-state index contributed by atoms with van der Waals surface area (Å²) in [4.78, 5) is 21.0. The van der Waals surface area contributed by atoms with Crippen LogP contribution in [-0.2, 0) is 4.74 Å². The van der Waals surface area contributed by atoms with E-state index in [9.17, 15) is 9.82 Å². The van der Waals surface area contributed by atoms with E-state index < -0.39 is 11.7 Å². The molecular weight excluding hydrogens is 305 g/mol. The number of carbonyl (C=O) groups excluding carboxylic acids is 1. The van der Waals surface area contributed by atoms with Gasteiger partial charge in [0.1, 0.15) is 5.60 Å². The third-order valence-corrected chi connectivity index (χ3v) is 3.40. The Hall–Kier alpha value is -2.67. The molecule has 0 atom stereocenters. The van der Waals surface area contributed by atoms with Crippen LogP contribution in [0.4, 0.5) is 4.79 Å². The molecule has 0 saturated carbocycles. The summed E-state index contributed by atoms with van der Waals surface area (Å²) >= 11 is 0. The van der Waals surface area contributed by atoms with E-state index in [1.165, 1.54) is 4.57 Å². The Morgan fingerprint density at radius 2 is 2.08 bits per heavy atom. The van der Waals surface area contributed by atoms with E-state index in [-0.39, 0.29) is 0 Å². The van der Waals surface area contributed by atoms with Gasteiger partial charge in [0.25, 0.3) is 0 Å². The lowest BCUT2D eigenvalue weighted by Gasteiger charge is -2.20. The lowest BCUT2D eigenvalue weighted by atomic mass is 9.96. The van der Waals surface area contributed by atoms with Gasteiger partial charge in [-0.25, -0.2) is 4.79 Å². The highest BCUT2D eigenvalue weighted by atomic mass is 16.6. The average Bonchev–Trinajstić information content (AvgIpc) is 2.92. The predicted molar refractivity (Wildman–Crippen MR) is 92.2 cm³/mol. The molecule has 3 heterocycles. The van der Waals surface area contributed by atoms with Crippen molar-refractivity contribution < 1.29 is 14.6 Å².